The minimum atomic E-state index is -0.542. The number of fused-ring (bicyclic) bond motifs is 1. The van der Waals surface area contributed by atoms with E-state index in [0.717, 1.165) is 46.7 Å². The van der Waals surface area contributed by atoms with Crippen LogP contribution in [0.4, 0.5) is 10.5 Å². The third-order valence-corrected chi connectivity index (χ3v) is 10.3. The van der Waals surface area contributed by atoms with Crippen LogP contribution in [0, 0.1) is 23.2 Å². The van der Waals surface area contributed by atoms with E-state index in [1.165, 1.54) is 26.4 Å². The Labute approximate surface area is 253 Å². The number of hydrogen-bond donors (Lipinski definition) is 1. The average Bonchev–Trinajstić information content (AvgIpc) is 3.24. The highest BCUT2D eigenvalue weighted by Gasteiger charge is 2.55. The van der Waals surface area contributed by atoms with E-state index in [1.807, 2.05) is 36.4 Å². The summed E-state index contributed by atoms with van der Waals surface area (Å²) in [5, 5.41) is 4.15. The van der Waals surface area contributed by atoms with Crippen molar-refractivity contribution in [2.45, 2.75) is 38.5 Å². The SMILES string of the molecule is COc1cc(/C=C2\SC(=O)N(CC(=O)Nc3cccc4ccccc34)C2=O)ccc1OC(=O)C12CC3CC(CC(C3)C1)C2. The van der Waals surface area contributed by atoms with Crippen molar-refractivity contribution in [1.82, 2.24) is 4.90 Å². The number of nitrogens with zero attached hydrogens (tertiary/aromatic N) is 1. The number of benzene rings is 3. The summed E-state index contributed by atoms with van der Waals surface area (Å²) in [5.41, 5.74) is 0.829. The Kier molecular flexibility index (Phi) is 7.00. The first-order valence-electron chi connectivity index (χ1n) is 14.7. The topological polar surface area (TPSA) is 102 Å². The lowest BCUT2D eigenvalue weighted by Crippen LogP contribution is -2.51. The Hall–Kier alpha value is -4.11. The number of thioether (sulfide) groups is 1. The van der Waals surface area contributed by atoms with Crippen molar-refractivity contribution in [1.29, 1.82) is 0 Å². The van der Waals surface area contributed by atoms with E-state index in [9.17, 15) is 19.2 Å². The molecule has 1 saturated heterocycles. The molecule has 3 amide bonds. The summed E-state index contributed by atoms with van der Waals surface area (Å²) in [6.07, 6.45) is 8.04. The maximum Gasteiger partial charge on any atom is 0.317 e. The molecule has 8 rings (SSSR count). The molecule has 0 atom stereocenters. The molecule has 4 aliphatic carbocycles. The molecular formula is C34H32N2O6S. The van der Waals surface area contributed by atoms with Gasteiger partial charge in [-0.1, -0.05) is 42.5 Å². The Balaban J connectivity index is 1.03. The van der Waals surface area contributed by atoms with E-state index in [-0.39, 0.29) is 10.9 Å². The number of hydrogen-bond acceptors (Lipinski definition) is 7. The van der Waals surface area contributed by atoms with Crippen LogP contribution in [0.3, 0.4) is 0 Å². The van der Waals surface area contributed by atoms with E-state index < -0.39 is 29.0 Å². The molecule has 0 unspecified atom stereocenters. The van der Waals surface area contributed by atoms with Gasteiger partial charge in [0.2, 0.25) is 5.91 Å². The van der Waals surface area contributed by atoms with Gasteiger partial charge < -0.3 is 14.8 Å². The van der Waals surface area contributed by atoms with Crippen molar-refractivity contribution in [3.8, 4) is 11.5 Å². The van der Waals surface area contributed by atoms with Gasteiger partial charge in [-0.25, -0.2) is 0 Å². The molecule has 8 nitrogen and oxygen atoms in total. The summed E-state index contributed by atoms with van der Waals surface area (Å²) < 4.78 is 11.5. The number of methoxy groups -OCH3 is 1. The third kappa shape index (κ3) is 5.20. The normalized spacial score (nSPS) is 26.8. The zero-order valence-corrected chi connectivity index (χ0v) is 24.7. The van der Waals surface area contributed by atoms with Crippen molar-refractivity contribution in [2.75, 3.05) is 19.0 Å². The number of anilines is 1. The van der Waals surface area contributed by atoms with Gasteiger partial charge in [0.15, 0.2) is 11.5 Å². The van der Waals surface area contributed by atoms with Crippen molar-refractivity contribution in [3.05, 3.63) is 71.1 Å². The van der Waals surface area contributed by atoms with E-state index in [0.29, 0.717) is 40.5 Å². The molecule has 5 fully saturated rings. The molecule has 9 heteroatoms. The summed E-state index contributed by atoms with van der Waals surface area (Å²) in [6.45, 7) is -0.395. The number of carbonyl (C=O) groups is 4. The summed E-state index contributed by atoms with van der Waals surface area (Å²) in [4.78, 5) is 53.3. The van der Waals surface area contributed by atoms with Gasteiger partial charge in [0.05, 0.1) is 17.4 Å². The van der Waals surface area contributed by atoms with E-state index in [4.69, 9.17) is 9.47 Å². The van der Waals surface area contributed by atoms with Crippen LogP contribution in [-0.4, -0.2) is 41.6 Å². The number of rotatable bonds is 7. The fourth-order valence-corrected chi connectivity index (χ4v) is 8.72. The molecule has 0 radical (unpaired) electrons. The minimum absolute atomic E-state index is 0.166. The number of carbonyl (C=O) groups excluding carboxylic acids is 4. The van der Waals surface area contributed by atoms with Gasteiger partial charge in [-0.15, -0.1) is 0 Å². The lowest BCUT2D eigenvalue weighted by molar-refractivity contribution is -0.161. The highest BCUT2D eigenvalue weighted by Crippen LogP contribution is 2.60. The Bertz CT molecular complexity index is 1660. The first-order chi connectivity index (χ1) is 20.8. The number of nitrogens with one attached hydrogen (secondary N) is 1. The predicted molar refractivity (Wildman–Crippen MR) is 164 cm³/mol. The fraction of sp³-hybridized carbons (Fsp3) is 0.353. The van der Waals surface area contributed by atoms with Crippen LogP contribution in [0.2, 0.25) is 0 Å². The van der Waals surface area contributed by atoms with Crippen LogP contribution in [0.1, 0.15) is 44.1 Å². The maximum atomic E-state index is 13.5. The molecule has 220 valence electrons. The Morgan fingerprint density at radius 3 is 2.37 bits per heavy atom. The molecule has 1 N–H and O–H groups in total. The number of esters is 1. The molecule has 5 aliphatic rings. The standard InChI is InChI=1S/C34H32N2O6S/c1-41-28-14-20(9-10-27(28)42-32(39)34-16-21-11-22(17-34)13-23(12-21)18-34)15-29-31(38)36(33(40)43-29)19-30(37)35-26-8-4-6-24-5-2-3-7-25(24)26/h2-10,14-15,21-23H,11-13,16-19H2,1H3,(H,35,37)/b29-15-. The molecule has 0 spiro atoms. The van der Waals surface area contributed by atoms with Crippen LogP contribution in [0.5, 0.6) is 11.5 Å². The zero-order valence-electron chi connectivity index (χ0n) is 23.8. The Morgan fingerprint density at radius 2 is 1.65 bits per heavy atom. The van der Waals surface area contributed by atoms with E-state index in [2.05, 4.69) is 5.32 Å². The molecule has 1 aliphatic heterocycles. The van der Waals surface area contributed by atoms with Gasteiger partial charge in [0.1, 0.15) is 6.54 Å². The highest BCUT2D eigenvalue weighted by atomic mass is 32.2. The zero-order chi connectivity index (χ0) is 29.7. The molecular weight excluding hydrogens is 564 g/mol. The summed E-state index contributed by atoms with van der Waals surface area (Å²) in [6, 6.07) is 18.3. The summed E-state index contributed by atoms with van der Waals surface area (Å²) >= 11 is 0.780. The molecule has 3 aromatic rings. The number of imide groups is 1. The molecule has 43 heavy (non-hydrogen) atoms. The molecule has 1 heterocycles. The number of ether oxygens (including phenoxy) is 2. The third-order valence-electron chi connectivity index (χ3n) is 9.40. The van der Waals surface area contributed by atoms with Crippen LogP contribution in [-0.2, 0) is 14.4 Å². The summed E-state index contributed by atoms with van der Waals surface area (Å²) in [5.74, 6) is 1.43. The molecule has 3 aromatic carbocycles. The van der Waals surface area contributed by atoms with Crippen molar-refractivity contribution in [3.63, 3.8) is 0 Å². The molecule has 0 aromatic heterocycles. The van der Waals surface area contributed by atoms with Crippen LogP contribution < -0.4 is 14.8 Å². The average molecular weight is 597 g/mol. The lowest BCUT2D eigenvalue weighted by Gasteiger charge is -2.55. The van der Waals surface area contributed by atoms with Crippen LogP contribution >= 0.6 is 11.8 Å². The minimum Gasteiger partial charge on any atom is -0.493 e. The Morgan fingerprint density at radius 1 is 0.953 bits per heavy atom. The van der Waals surface area contributed by atoms with Gasteiger partial charge >= 0.3 is 5.97 Å². The van der Waals surface area contributed by atoms with E-state index >= 15 is 0 Å². The largest absolute Gasteiger partial charge is 0.493 e. The first-order valence-corrected chi connectivity index (χ1v) is 15.6. The second kappa shape index (κ2) is 10.9. The van der Waals surface area contributed by atoms with Gasteiger partial charge in [0.25, 0.3) is 11.1 Å². The van der Waals surface area contributed by atoms with Crippen LogP contribution in [0.25, 0.3) is 16.8 Å². The quantitative estimate of drug-likeness (QED) is 0.185. The maximum absolute atomic E-state index is 13.5. The highest BCUT2D eigenvalue weighted by molar-refractivity contribution is 8.18. The monoisotopic (exact) mass is 596 g/mol. The second-order valence-electron chi connectivity index (χ2n) is 12.3. The van der Waals surface area contributed by atoms with Crippen molar-refractivity contribution in [2.24, 2.45) is 23.2 Å². The van der Waals surface area contributed by atoms with Crippen molar-refractivity contribution < 1.29 is 28.7 Å². The van der Waals surface area contributed by atoms with Crippen LogP contribution in [0.15, 0.2) is 65.6 Å². The number of amides is 3. The lowest BCUT2D eigenvalue weighted by atomic mass is 9.49. The predicted octanol–water partition coefficient (Wildman–Crippen LogP) is 6.65. The van der Waals surface area contributed by atoms with Crippen molar-refractivity contribution >= 4 is 57.3 Å². The molecule has 4 bridgehead atoms. The fourth-order valence-electron chi connectivity index (χ4n) is 7.88. The first kappa shape index (κ1) is 27.7. The second-order valence-corrected chi connectivity index (χ2v) is 13.3. The summed E-state index contributed by atoms with van der Waals surface area (Å²) in [7, 11) is 1.50. The van der Waals surface area contributed by atoms with Gasteiger partial charge in [-0.2, -0.15) is 0 Å². The van der Waals surface area contributed by atoms with Gasteiger partial charge in [-0.3, -0.25) is 24.1 Å². The van der Waals surface area contributed by atoms with Gasteiger partial charge in [0, 0.05) is 11.1 Å². The molecule has 4 saturated carbocycles. The van der Waals surface area contributed by atoms with E-state index in [1.54, 1.807) is 30.3 Å². The smallest absolute Gasteiger partial charge is 0.317 e. The van der Waals surface area contributed by atoms with Gasteiger partial charge in [-0.05, 0) is 103 Å².